The fourth-order valence-corrected chi connectivity index (χ4v) is 2.61. The monoisotopic (exact) mass is 347 g/mol. The molecule has 19 heavy (non-hydrogen) atoms. The number of hydrogen-bond acceptors (Lipinski definition) is 4. The lowest BCUT2D eigenvalue weighted by atomic mass is 10.2. The smallest absolute Gasteiger partial charge is 0.137 e. The third-order valence-corrected chi connectivity index (χ3v) is 4.01. The first-order valence-corrected chi connectivity index (χ1v) is 8.42. The highest BCUT2D eigenvalue weighted by Crippen LogP contribution is 2.29. The Bertz CT molecular complexity index is 363. The van der Waals surface area contributed by atoms with E-state index < -0.39 is 0 Å². The summed E-state index contributed by atoms with van der Waals surface area (Å²) in [4.78, 5) is 0. The molecule has 108 valence electrons. The van der Waals surface area contributed by atoms with Gasteiger partial charge in [0, 0.05) is 31.5 Å². The van der Waals surface area contributed by atoms with Gasteiger partial charge in [-0.2, -0.15) is 11.8 Å². The van der Waals surface area contributed by atoms with Gasteiger partial charge in [0.15, 0.2) is 0 Å². The Morgan fingerprint density at radius 3 is 2.89 bits per heavy atom. The third kappa shape index (κ3) is 6.65. The minimum Gasteiger partial charge on any atom is -0.491 e. The fraction of sp³-hybridized carbons (Fsp3) is 0.571. The Labute approximate surface area is 128 Å². The number of para-hydroxylation sites is 1. The van der Waals surface area contributed by atoms with Crippen LogP contribution in [0.25, 0.3) is 0 Å². The van der Waals surface area contributed by atoms with Crippen molar-refractivity contribution in [2.75, 3.05) is 38.4 Å². The number of halogens is 1. The zero-order chi connectivity index (χ0) is 13.9. The van der Waals surface area contributed by atoms with Gasteiger partial charge in [-0.05, 0) is 27.7 Å². The van der Waals surface area contributed by atoms with Gasteiger partial charge in [-0.25, -0.2) is 0 Å². The summed E-state index contributed by atoms with van der Waals surface area (Å²) in [6.45, 7) is 5.25. The lowest BCUT2D eigenvalue weighted by Gasteiger charge is -2.13. The standard InChI is InChI=1S/C14H22BrNO2S/c1-3-19-10-9-18-14-12(5-4-6-13(14)15)11-16-7-8-17-2/h4-6,16H,3,7-11H2,1-2H3. The van der Waals surface area contributed by atoms with E-state index in [1.54, 1.807) is 7.11 Å². The van der Waals surface area contributed by atoms with Gasteiger partial charge in [-0.15, -0.1) is 0 Å². The first-order chi connectivity index (χ1) is 9.29. The summed E-state index contributed by atoms with van der Waals surface area (Å²) in [5.41, 5.74) is 1.17. The van der Waals surface area contributed by atoms with Gasteiger partial charge < -0.3 is 14.8 Å². The van der Waals surface area contributed by atoms with Crippen LogP contribution < -0.4 is 10.1 Å². The summed E-state index contributed by atoms with van der Waals surface area (Å²) in [5.74, 6) is 3.10. The average molecular weight is 348 g/mol. The second-order valence-electron chi connectivity index (χ2n) is 3.94. The maximum Gasteiger partial charge on any atom is 0.137 e. The van der Waals surface area contributed by atoms with Crippen molar-refractivity contribution in [2.45, 2.75) is 13.5 Å². The number of ether oxygens (including phenoxy) is 2. The highest BCUT2D eigenvalue weighted by Gasteiger charge is 2.07. The van der Waals surface area contributed by atoms with Crippen molar-refractivity contribution in [1.29, 1.82) is 0 Å². The van der Waals surface area contributed by atoms with Crippen molar-refractivity contribution in [3.63, 3.8) is 0 Å². The van der Waals surface area contributed by atoms with Gasteiger partial charge in [0.2, 0.25) is 0 Å². The molecule has 0 aliphatic rings. The van der Waals surface area contributed by atoms with E-state index in [9.17, 15) is 0 Å². The number of hydrogen-bond donors (Lipinski definition) is 1. The fourth-order valence-electron chi connectivity index (χ4n) is 1.60. The summed E-state index contributed by atoms with van der Waals surface area (Å²) in [5, 5.41) is 3.34. The average Bonchev–Trinajstić information content (AvgIpc) is 2.42. The van der Waals surface area contributed by atoms with Crippen LogP contribution in [0.3, 0.4) is 0 Å². The quantitative estimate of drug-likeness (QED) is 0.657. The van der Waals surface area contributed by atoms with E-state index in [-0.39, 0.29) is 0 Å². The van der Waals surface area contributed by atoms with Crippen LogP contribution in [0, 0.1) is 0 Å². The second-order valence-corrected chi connectivity index (χ2v) is 6.19. The van der Waals surface area contributed by atoms with Crippen molar-refractivity contribution in [3.8, 4) is 5.75 Å². The minimum atomic E-state index is 0.720. The molecule has 1 rings (SSSR count). The lowest BCUT2D eigenvalue weighted by Crippen LogP contribution is -2.19. The molecule has 0 spiro atoms. The number of methoxy groups -OCH3 is 1. The van der Waals surface area contributed by atoms with E-state index in [0.717, 1.165) is 48.0 Å². The Morgan fingerprint density at radius 2 is 2.16 bits per heavy atom. The van der Waals surface area contributed by atoms with Gasteiger partial charge in [-0.1, -0.05) is 19.1 Å². The van der Waals surface area contributed by atoms with Gasteiger partial charge in [-0.3, -0.25) is 0 Å². The third-order valence-electron chi connectivity index (χ3n) is 2.53. The topological polar surface area (TPSA) is 30.5 Å². The Hall–Kier alpha value is -0.230. The van der Waals surface area contributed by atoms with Crippen molar-refractivity contribution in [1.82, 2.24) is 5.32 Å². The van der Waals surface area contributed by atoms with Gasteiger partial charge in [0.25, 0.3) is 0 Å². The molecular formula is C14H22BrNO2S. The molecule has 1 N–H and O–H groups in total. The molecule has 0 aliphatic carbocycles. The van der Waals surface area contributed by atoms with Gasteiger partial charge in [0.1, 0.15) is 5.75 Å². The molecule has 0 unspecified atom stereocenters. The minimum absolute atomic E-state index is 0.720. The first kappa shape index (κ1) is 16.8. The molecule has 0 heterocycles. The molecule has 3 nitrogen and oxygen atoms in total. The normalized spacial score (nSPS) is 10.7. The van der Waals surface area contributed by atoms with Crippen molar-refractivity contribution in [2.24, 2.45) is 0 Å². The molecule has 0 saturated heterocycles. The van der Waals surface area contributed by atoms with Gasteiger partial charge in [0.05, 0.1) is 17.7 Å². The van der Waals surface area contributed by atoms with Crippen LogP contribution in [-0.4, -0.2) is 38.4 Å². The Kier molecular flexibility index (Phi) is 9.34. The van der Waals surface area contributed by atoms with E-state index in [4.69, 9.17) is 9.47 Å². The van der Waals surface area contributed by atoms with Crippen LogP contribution >= 0.6 is 27.7 Å². The summed E-state index contributed by atoms with van der Waals surface area (Å²) < 4.78 is 11.9. The van der Waals surface area contributed by atoms with Gasteiger partial charge >= 0.3 is 0 Å². The molecule has 0 bridgehead atoms. The van der Waals surface area contributed by atoms with Crippen molar-refractivity contribution >= 4 is 27.7 Å². The predicted octanol–water partition coefficient (Wildman–Crippen LogP) is 3.32. The Balaban J connectivity index is 2.51. The molecular weight excluding hydrogens is 326 g/mol. The molecule has 1 aromatic carbocycles. The van der Waals surface area contributed by atoms with Crippen LogP contribution in [-0.2, 0) is 11.3 Å². The van der Waals surface area contributed by atoms with Crippen LogP contribution in [0.5, 0.6) is 5.75 Å². The molecule has 0 saturated carbocycles. The molecule has 0 fully saturated rings. The van der Waals surface area contributed by atoms with Crippen molar-refractivity contribution in [3.05, 3.63) is 28.2 Å². The summed E-state index contributed by atoms with van der Waals surface area (Å²) >= 11 is 5.45. The number of rotatable bonds is 10. The molecule has 0 amide bonds. The van der Waals surface area contributed by atoms with E-state index >= 15 is 0 Å². The summed E-state index contributed by atoms with van der Waals surface area (Å²) in [6, 6.07) is 6.14. The van der Waals surface area contributed by atoms with Crippen LogP contribution in [0.4, 0.5) is 0 Å². The molecule has 0 aliphatic heterocycles. The number of benzene rings is 1. The molecule has 0 radical (unpaired) electrons. The maximum absolute atomic E-state index is 5.89. The van der Waals surface area contributed by atoms with E-state index in [1.807, 2.05) is 23.9 Å². The van der Waals surface area contributed by atoms with E-state index in [1.165, 1.54) is 5.56 Å². The van der Waals surface area contributed by atoms with Crippen LogP contribution in [0.1, 0.15) is 12.5 Å². The van der Waals surface area contributed by atoms with Crippen LogP contribution in [0.2, 0.25) is 0 Å². The maximum atomic E-state index is 5.89. The number of nitrogens with one attached hydrogen (secondary N) is 1. The zero-order valence-corrected chi connectivity index (χ0v) is 14.0. The first-order valence-electron chi connectivity index (χ1n) is 6.47. The van der Waals surface area contributed by atoms with E-state index in [0.29, 0.717) is 0 Å². The Morgan fingerprint density at radius 1 is 1.32 bits per heavy atom. The second kappa shape index (κ2) is 10.5. The molecule has 5 heteroatoms. The predicted molar refractivity (Wildman–Crippen MR) is 86.2 cm³/mol. The number of thioether (sulfide) groups is 1. The molecule has 0 atom stereocenters. The lowest BCUT2D eigenvalue weighted by molar-refractivity contribution is 0.199. The highest BCUT2D eigenvalue weighted by molar-refractivity contribution is 9.10. The van der Waals surface area contributed by atoms with E-state index in [2.05, 4.69) is 34.2 Å². The summed E-state index contributed by atoms with van der Waals surface area (Å²) in [7, 11) is 1.71. The molecule has 0 aromatic heterocycles. The summed E-state index contributed by atoms with van der Waals surface area (Å²) in [6.07, 6.45) is 0. The zero-order valence-electron chi connectivity index (χ0n) is 11.6. The van der Waals surface area contributed by atoms with Crippen molar-refractivity contribution < 1.29 is 9.47 Å². The van der Waals surface area contributed by atoms with Crippen LogP contribution in [0.15, 0.2) is 22.7 Å². The highest BCUT2D eigenvalue weighted by atomic mass is 79.9. The largest absolute Gasteiger partial charge is 0.491 e. The SMILES string of the molecule is CCSCCOc1c(Br)cccc1CNCCOC. The molecule has 1 aromatic rings.